The highest BCUT2D eigenvalue weighted by atomic mass is 79.9. The Kier molecular flexibility index (Phi) is 8.72. The summed E-state index contributed by atoms with van der Waals surface area (Å²) in [5.41, 5.74) is 0.865. The van der Waals surface area contributed by atoms with Gasteiger partial charge in [-0.15, -0.1) is 0 Å². The number of halogens is 1. The number of fused-ring (bicyclic) bond motifs is 1. The first-order chi connectivity index (χ1) is 15.9. The molecule has 0 fully saturated rings. The lowest BCUT2D eigenvalue weighted by atomic mass is 10.1. The van der Waals surface area contributed by atoms with Crippen LogP contribution < -0.4 is 14.8 Å². The minimum Gasteiger partial charge on any atom is -0.497 e. The third-order valence-electron chi connectivity index (χ3n) is 5.38. The average Bonchev–Trinajstić information content (AvgIpc) is 2.85. The first-order valence-corrected chi connectivity index (χ1v) is 11.7. The number of carbonyl (C=O) groups excluding carboxylic acids is 2. The van der Waals surface area contributed by atoms with Gasteiger partial charge in [-0.2, -0.15) is 0 Å². The van der Waals surface area contributed by atoms with Gasteiger partial charge in [-0.3, -0.25) is 9.59 Å². The first-order valence-electron chi connectivity index (χ1n) is 10.9. The van der Waals surface area contributed by atoms with Crippen molar-refractivity contribution in [2.45, 2.75) is 32.9 Å². The highest BCUT2D eigenvalue weighted by Gasteiger charge is 2.26. The SMILES string of the molecule is CCCNC(=O)[C@@H](C)N(Cc1cccc(OC)c1)C(=O)COc1ccc2ccccc2c1Br. The maximum atomic E-state index is 13.2. The van der Waals surface area contributed by atoms with E-state index in [4.69, 9.17) is 9.47 Å². The Morgan fingerprint density at radius 2 is 1.88 bits per heavy atom. The van der Waals surface area contributed by atoms with E-state index in [1.165, 1.54) is 4.90 Å². The van der Waals surface area contributed by atoms with E-state index in [0.29, 0.717) is 18.0 Å². The summed E-state index contributed by atoms with van der Waals surface area (Å²) >= 11 is 3.59. The molecule has 3 aromatic carbocycles. The van der Waals surface area contributed by atoms with Crippen molar-refractivity contribution < 1.29 is 19.1 Å². The lowest BCUT2D eigenvalue weighted by Crippen LogP contribution is -2.49. The van der Waals surface area contributed by atoms with Crippen LogP contribution in [-0.4, -0.2) is 43.0 Å². The van der Waals surface area contributed by atoms with Gasteiger partial charge in [0.05, 0.1) is 11.6 Å². The summed E-state index contributed by atoms with van der Waals surface area (Å²) in [4.78, 5) is 27.4. The van der Waals surface area contributed by atoms with Crippen LogP contribution in [0.3, 0.4) is 0 Å². The second kappa shape index (κ2) is 11.7. The number of carbonyl (C=O) groups is 2. The summed E-state index contributed by atoms with van der Waals surface area (Å²) in [7, 11) is 1.60. The van der Waals surface area contributed by atoms with E-state index in [9.17, 15) is 9.59 Å². The summed E-state index contributed by atoms with van der Waals surface area (Å²) in [5.74, 6) is 0.794. The normalized spacial score (nSPS) is 11.6. The van der Waals surface area contributed by atoms with Gasteiger partial charge in [0.25, 0.3) is 5.91 Å². The van der Waals surface area contributed by atoms with Gasteiger partial charge in [0.1, 0.15) is 17.5 Å². The third kappa shape index (κ3) is 6.26. The Hall–Kier alpha value is -3.06. The molecule has 0 bridgehead atoms. The molecule has 174 valence electrons. The predicted molar refractivity (Wildman–Crippen MR) is 133 cm³/mol. The summed E-state index contributed by atoms with van der Waals surface area (Å²) in [6.07, 6.45) is 0.821. The molecule has 0 aromatic heterocycles. The zero-order valence-electron chi connectivity index (χ0n) is 19.1. The number of hydrogen-bond acceptors (Lipinski definition) is 4. The van der Waals surface area contributed by atoms with Crippen LogP contribution in [0.4, 0.5) is 0 Å². The number of hydrogen-bond donors (Lipinski definition) is 1. The van der Waals surface area contributed by atoms with Crippen molar-refractivity contribution in [2.75, 3.05) is 20.3 Å². The van der Waals surface area contributed by atoms with Crippen LogP contribution in [0.25, 0.3) is 10.8 Å². The number of amides is 2. The van der Waals surface area contributed by atoms with Gasteiger partial charge in [0, 0.05) is 13.1 Å². The molecule has 1 atom stereocenters. The van der Waals surface area contributed by atoms with Gasteiger partial charge < -0.3 is 19.7 Å². The summed E-state index contributed by atoms with van der Waals surface area (Å²) < 4.78 is 12.0. The van der Waals surface area contributed by atoms with Crippen LogP contribution in [0.2, 0.25) is 0 Å². The van der Waals surface area contributed by atoms with Crippen LogP contribution in [-0.2, 0) is 16.1 Å². The quantitative estimate of drug-likeness (QED) is 0.418. The Bertz CT molecular complexity index is 1120. The second-order valence-corrected chi connectivity index (χ2v) is 8.52. The van der Waals surface area contributed by atoms with E-state index in [0.717, 1.165) is 27.2 Å². The van der Waals surface area contributed by atoms with Crippen molar-refractivity contribution in [1.82, 2.24) is 10.2 Å². The highest BCUT2D eigenvalue weighted by Crippen LogP contribution is 2.33. The fourth-order valence-electron chi connectivity index (χ4n) is 3.49. The van der Waals surface area contributed by atoms with E-state index in [2.05, 4.69) is 21.2 Å². The Morgan fingerprint density at radius 3 is 2.64 bits per heavy atom. The largest absolute Gasteiger partial charge is 0.497 e. The Morgan fingerprint density at radius 1 is 1.09 bits per heavy atom. The topological polar surface area (TPSA) is 67.9 Å². The molecule has 0 unspecified atom stereocenters. The molecule has 0 aliphatic rings. The Labute approximate surface area is 203 Å². The van der Waals surface area contributed by atoms with E-state index in [1.807, 2.05) is 67.6 Å². The van der Waals surface area contributed by atoms with Crippen molar-refractivity contribution >= 4 is 38.5 Å². The average molecular weight is 513 g/mol. The molecular weight excluding hydrogens is 484 g/mol. The van der Waals surface area contributed by atoms with E-state index < -0.39 is 6.04 Å². The third-order valence-corrected chi connectivity index (χ3v) is 6.20. The predicted octanol–water partition coefficient (Wildman–Crippen LogP) is 4.93. The molecule has 7 heteroatoms. The number of methoxy groups -OCH3 is 1. The monoisotopic (exact) mass is 512 g/mol. The fraction of sp³-hybridized carbons (Fsp3) is 0.308. The molecule has 0 saturated heterocycles. The summed E-state index contributed by atoms with van der Waals surface area (Å²) in [6, 6.07) is 18.5. The maximum absolute atomic E-state index is 13.2. The molecular formula is C26H29BrN2O4. The van der Waals surface area contributed by atoms with Crippen molar-refractivity contribution in [3.05, 3.63) is 70.7 Å². The maximum Gasteiger partial charge on any atom is 0.261 e. The minimum absolute atomic E-state index is 0.188. The zero-order chi connectivity index (χ0) is 23.8. The minimum atomic E-state index is -0.654. The highest BCUT2D eigenvalue weighted by molar-refractivity contribution is 9.10. The number of rotatable bonds is 10. The molecule has 0 aliphatic heterocycles. The molecule has 0 radical (unpaired) electrons. The van der Waals surface area contributed by atoms with Gasteiger partial charge in [-0.1, -0.05) is 49.4 Å². The molecule has 0 saturated carbocycles. The van der Waals surface area contributed by atoms with Crippen molar-refractivity contribution in [1.29, 1.82) is 0 Å². The number of ether oxygens (including phenoxy) is 2. The van der Waals surface area contributed by atoms with Crippen LogP contribution in [0, 0.1) is 0 Å². The Balaban J connectivity index is 1.79. The molecule has 3 aromatic rings. The second-order valence-electron chi connectivity index (χ2n) is 7.73. The van der Waals surface area contributed by atoms with E-state index in [1.54, 1.807) is 14.0 Å². The molecule has 2 amide bonds. The molecule has 3 rings (SSSR count). The standard InChI is InChI=1S/C26H29BrN2O4/c1-4-14-28-26(31)18(2)29(16-19-8-7-10-21(15-19)32-3)24(30)17-33-23-13-12-20-9-5-6-11-22(20)25(23)27/h5-13,15,18H,4,14,16-17H2,1-3H3,(H,28,31)/t18-/m1/s1. The van der Waals surface area contributed by atoms with Crippen LogP contribution in [0.5, 0.6) is 11.5 Å². The van der Waals surface area contributed by atoms with E-state index >= 15 is 0 Å². The molecule has 0 heterocycles. The number of benzene rings is 3. The smallest absolute Gasteiger partial charge is 0.261 e. The van der Waals surface area contributed by atoms with Crippen molar-refractivity contribution in [3.63, 3.8) is 0 Å². The van der Waals surface area contributed by atoms with Gasteiger partial charge in [0.15, 0.2) is 6.61 Å². The lowest BCUT2D eigenvalue weighted by molar-refractivity contribution is -0.142. The molecule has 1 N–H and O–H groups in total. The number of nitrogens with zero attached hydrogens (tertiary/aromatic N) is 1. The summed E-state index contributed by atoms with van der Waals surface area (Å²) in [6.45, 7) is 4.35. The molecule has 0 aliphatic carbocycles. The molecule has 0 spiro atoms. The lowest BCUT2D eigenvalue weighted by Gasteiger charge is -2.29. The molecule has 33 heavy (non-hydrogen) atoms. The van der Waals surface area contributed by atoms with Gasteiger partial charge in [-0.05, 0) is 63.8 Å². The van der Waals surface area contributed by atoms with Crippen LogP contribution in [0.15, 0.2) is 65.1 Å². The zero-order valence-corrected chi connectivity index (χ0v) is 20.7. The van der Waals surface area contributed by atoms with Crippen molar-refractivity contribution in [2.24, 2.45) is 0 Å². The molecule has 6 nitrogen and oxygen atoms in total. The van der Waals surface area contributed by atoms with Crippen LogP contribution >= 0.6 is 15.9 Å². The van der Waals surface area contributed by atoms with Gasteiger partial charge in [-0.25, -0.2) is 0 Å². The van der Waals surface area contributed by atoms with Gasteiger partial charge in [0.2, 0.25) is 5.91 Å². The fourth-order valence-corrected chi connectivity index (χ4v) is 4.10. The van der Waals surface area contributed by atoms with Gasteiger partial charge >= 0.3 is 0 Å². The first kappa shape index (κ1) is 24.6. The van der Waals surface area contributed by atoms with Crippen LogP contribution in [0.1, 0.15) is 25.8 Å². The summed E-state index contributed by atoms with van der Waals surface area (Å²) in [5, 5.41) is 4.95. The number of nitrogens with one attached hydrogen (secondary N) is 1. The van der Waals surface area contributed by atoms with Crippen molar-refractivity contribution in [3.8, 4) is 11.5 Å². The van der Waals surface area contributed by atoms with E-state index in [-0.39, 0.29) is 25.0 Å².